The SMILES string of the molecule is CCOC(=O)c1cn(-c2cccc(Br)c2C)cn1. The molecule has 0 atom stereocenters. The molecule has 0 saturated heterocycles. The van der Waals surface area contributed by atoms with Crippen LogP contribution in [-0.2, 0) is 4.74 Å². The molecule has 0 aliphatic heterocycles. The standard InChI is InChI=1S/C13H13BrN2O2/c1-3-18-13(17)11-7-16(8-15-11)12-6-4-5-10(14)9(12)2/h4-8H,3H2,1-2H3. The molecule has 2 aromatic rings. The normalized spacial score (nSPS) is 10.4. The predicted molar refractivity (Wildman–Crippen MR) is 72.0 cm³/mol. The van der Waals surface area contributed by atoms with Crippen molar-refractivity contribution in [3.8, 4) is 5.69 Å². The highest BCUT2D eigenvalue weighted by Gasteiger charge is 2.12. The van der Waals surface area contributed by atoms with Gasteiger partial charge in [-0.25, -0.2) is 9.78 Å². The lowest BCUT2D eigenvalue weighted by Gasteiger charge is -2.07. The van der Waals surface area contributed by atoms with Crippen LogP contribution in [0.25, 0.3) is 5.69 Å². The van der Waals surface area contributed by atoms with Crippen LogP contribution in [0.3, 0.4) is 0 Å². The van der Waals surface area contributed by atoms with Crippen LogP contribution < -0.4 is 0 Å². The smallest absolute Gasteiger partial charge is 0.358 e. The zero-order chi connectivity index (χ0) is 13.1. The van der Waals surface area contributed by atoms with E-state index in [1.807, 2.05) is 29.7 Å². The molecule has 0 saturated carbocycles. The Labute approximate surface area is 114 Å². The van der Waals surface area contributed by atoms with E-state index in [0.29, 0.717) is 12.3 Å². The zero-order valence-corrected chi connectivity index (χ0v) is 11.8. The van der Waals surface area contributed by atoms with Crippen molar-refractivity contribution in [2.24, 2.45) is 0 Å². The number of aromatic nitrogens is 2. The van der Waals surface area contributed by atoms with Crippen molar-refractivity contribution in [3.63, 3.8) is 0 Å². The zero-order valence-electron chi connectivity index (χ0n) is 10.2. The van der Waals surface area contributed by atoms with Gasteiger partial charge in [-0.3, -0.25) is 0 Å². The van der Waals surface area contributed by atoms with Crippen molar-refractivity contribution in [3.05, 3.63) is 46.5 Å². The number of hydrogen-bond donors (Lipinski definition) is 0. The van der Waals surface area contributed by atoms with Gasteiger partial charge >= 0.3 is 5.97 Å². The molecule has 0 aliphatic rings. The topological polar surface area (TPSA) is 44.1 Å². The number of carbonyl (C=O) groups is 1. The summed E-state index contributed by atoms with van der Waals surface area (Å²) in [5.74, 6) is -0.399. The number of rotatable bonds is 3. The summed E-state index contributed by atoms with van der Waals surface area (Å²) < 4.78 is 7.74. The van der Waals surface area contributed by atoms with Crippen molar-refractivity contribution >= 4 is 21.9 Å². The third kappa shape index (κ3) is 2.46. The molecule has 94 valence electrons. The van der Waals surface area contributed by atoms with Gasteiger partial charge in [-0.2, -0.15) is 0 Å². The molecular weight excluding hydrogens is 296 g/mol. The summed E-state index contributed by atoms with van der Waals surface area (Å²) in [5.41, 5.74) is 2.38. The molecule has 0 unspecified atom stereocenters. The van der Waals surface area contributed by atoms with Gasteiger partial charge in [-0.15, -0.1) is 0 Å². The number of imidazole rings is 1. The largest absolute Gasteiger partial charge is 0.461 e. The second-order valence-electron chi connectivity index (χ2n) is 3.77. The number of esters is 1. The second kappa shape index (κ2) is 5.35. The highest BCUT2D eigenvalue weighted by Crippen LogP contribution is 2.22. The summed E-state index contributed by atoms with van der Waals surface area (Å²) in [5, 5.41) is 0. The first-order valence-electron chi connectivity index (χ1n) is 5.60. The van der Waals surface area contributed by atoms with Gasteiger partial charge in [-0.1, -0.05) is 22.0 Å². The first kappa shape index (κ1) is 12.8. The molecule has 0 spiro atoms. The lowest BCUT2D eigenvalue weighted by molar-refractivity contribution is 0.0520. The third-order valence-corrected chi connectivity index (χ3v) is 3.44. The molecule has 5 heteroatoms. The minimum absolute atomic E-state index is 0.316. The molecule has 18 heavy (non-hydrogen) atoms. The molecule has 1 heterocycles. The van der Waals surface area contributed by atoms with E-state index in [9.17, 15) is 4.79 Å². The first-order chi connectivity index (χ1) is 8.63. The Kier molecular flexibility index (Phi) is 3.81. The summed E-state index contributed by atoms with van der Waals surface area (Å²) in [6.45, 7) is 4.12. The van der Waals surface area contributed by atoms with Gasteiger partial charge in [0, 0.05) is 10.7 Å². The average molecular weight is 309 g/mol. The molecule has 1 aromatic heterocycles. The maximum atomic E-state index is 11.5. The van der Waals surface area contributed by atoms with Gasteiger partial charge in [-0.05, 0) is 31.5 Å². The van der Waals surface area contributed by atoms with Gasteiger partial charge < -0.3 is 9.30 Å². The fraction of sp³-hybridized carbons (Fsp3) is 0.231. The predicted octanol–water partition coefficient (Wildman–Crippen LogP) is 3.12. The van der Waals surface area contributed by atoms with Crippen LogP contribution in [0.1, 0.15) is 23.0 Å². The van der Waals surface area contributed by atoms with Gasteiger partial charge in [0.25, 0.3) is 0 Å². The molecule has 0 radical (unpaired) electrons. The number of halogens is 1. The Morgan fingerprint density at radius 1 is 1.50 bits per heavy atom. The third-order valence-electron chi connectivity index (χ3n) is 2.58. The van der Waals surface area contributed by atoms with E-state index in [-0.39, 0.29) is 0 Å². The Bertz CT molecular complexity index is 578. The van der Waals surface area contributed by atoms with Crippen LogP contribution in [0.4, 0.5) is 0 Å². The maximum Gasteiger partial charge on any atom is 0.358 e. The first-order valence-corrected chi connectivity index (χ1v) is 6.39. The van der Waals surface area contributed by atoms with E-state index >= 15 is 0 Å². The fourth-order valence-corrected chi connectivity index (χ4v) is 2.00. The Balaban J connectivity index is 2.35. The highest BCUT2D eigenvalue weighted by atomic mass is 79.9. The van der Waals surface area contributed by atoms with Crippen LogP contribution in [0.5, 0.6) is 0 Å². The van der Waals surface area contributed by atoms with Crippen molar-refractivity contribution < 1.29 is 9.53 Å². The van der Waals surface area contributed by atoms with E-state index in [1.54, 1.807) is 19.4 Å². The van der Waals surface area contributed by atoms with E-state index in [0.717, 1.165) is 15.7 Å². The van der Waals surface area contributed by atoms with Crippen LogP contribution >= 0.6 is 15.9 Å². The molecule has 0 amide bonds. The van der Waals surface area contributed by atoms with Crippen LogP contribution in [-0.4, -0.2) is 22.1 Å². The number of nitrogens with zero attached hydrogens (tertiary/aromatic N) is 2. The van der Waals surface area contributed by atoms with Crippen molar-refractivity contribution in [1.29, 1.82) is 0 Å². The fourth-order valence-electron chi connectivity index (χ4n) is 1.64. The van der Waals surface area contributed by atoms with Gasteiger partial charge in [0.15, 0.2) is 5.69 Å². The molecule has 0 N–H and O–H groups in total. The molecule has 0 aliphatic carbocycles. The summed E-state index contributed by atoms with van der Waals surface area (Å²) >= 11 is 3.48. The van der Waals surface area contributed by atoms with Crippen molar-refractivity contribution in [2.45, 2.75) is 13.8 Å². The number of benzene rings is 1. The van der Waals surface area contributed by atoms with E-state index in [2.05, 4.69) is 20.9 Å². The second-order valence-corrected chi connectivity index (χ2v) is 4.62. The van der Waals surface area contributed by atoms with E-state index in [1.165, 1.54) is 0 Å². The van der Waals surface area contributed by atoms with E-state index in [4.69, 9.17) is 4.74 Å². The van der Waals surface area contributed by atoms with Gasteiger partial charge in [0.1, 0.15) is 6.33 Å². The molecule has 1 aromatic carbocycles. The minimum Gasteiger partial charge on any atom is -0.461 e. The van der Waals surface area contributed by atoms with E-state index < -0.39 is 5.97 Å². The lowest BCUT2D eigenvalue weighted by atomic mass is 10.2. The Hall–Kier alpha value is -1.62. The highest BCUT2D eigenvalue weighted by molar-refractivity contribution is 9.10. The van der Waals surface area contributed by atoms with Crippen LogP contribution in [0.15, 0.2) is 35.2 Å². The van der Waals surface area contributed by atoms with Gasteiger partial charge in [0.2, 0.25) is 0 Å². The molecule has 0 bridgehead atoms. The van der Waals surface area contributed by atoms with Gasteiger partial charge in [0.05, 0.1) is 12.3 Å². The monoisotopic (exact) mass is 308 g/mol. The Morgan fingerprint density at radius 3 is 3.00 bits per heavy atom. The molecule has 2 rings (SSSR count). The number of ether oxygens (including phenoxy) is 1. The summed E-state index contributed by atoms with van der Waals surface area (Å²) in [4.78, 5) is 15.6. The maximum absolute atomic E-state index is 11.5. The average Bonchev–Trinajstić information content (AvgIpc) is 2.82. The number of hydrogen-bond acceptors (Lipinski definition) is 3. The van der Waals surface area contributed by atoms with Crippen molar-refractivity contribution in [1.82, 2.24) is 9.55 Å². The quantitative estimate of drug-likeness (QED) is 0.818. The molecule has 0 fully saturated rings. The lowest BCUT2D eigenvalue weighted by Crippen LogP contribution is -2.04. The summed E-state index contributed by atoms with van der Waals surface area (Å²) in [7, 11) is 0. The number of carbonyl (C=O) groups excluding carboxylic acids is 1. The molecule has 4 nitrogen and oxygen atoms in total. The summed E-state index contributed by atoms with van der Waals surface area (Å²) in [6, 6.07) is 5.88. The van der Waals surface area contributed by atoms with Crippen LogP contribution in [0.2, 0.25) is 0 Å². The van der Waals surface area contributed by atoms with Crippen LogP contribution in [0, 0.1) is 6.92 Å². The van der Waals surface area contributed by atoms with Crippen molar-refractivity contribution in [2.75, 3.05) is 6.61 Å². The summed E-state index contributed by atoms with van der Waals surface area (Å²) in [6.07, 6.45) is 3.29. The Morgan fingerprint density at radius 2 is 2.28 bits per heavy atom. The molecular formula is C13H13BrN2O2. The minimum atomic E-state index is -0.399.